The number of rotatable bonds is 3. The van der Waals surface area contributed by atoms with Crippen molar-refractivity contribution >= 4 is 17.5 Å². The lowest BCUT2D eigenvalue weighted by Crippen LogP contribution is -2.52. The first-order valence-corrected chi connectivity index (χ1v) is 9.50. The minimum absolute atomic E-state index is 0.157. The highest BCUT2D eigenvalue weighted by molar-refractivity contribution is 6.33. The third kappa shape index (κ3) is 4.33. The van der Waals surface area contributed by atoms with Gasteiger partial charge in [0.2, 0.25) is 0 Å². The lowest BCUT2D eigenvalue weighted by Gasteiger charge is -2.42. The number of hydrogen-bond acceptors (Lipinski definition) is 3. The van der Waals surface area contributed by atoms with E-state index in [0.29, 0.717) is 30.1 Å². The number of likely N-dealkylation sites (tertiary alicyclic amines) is 1. The molecule has 4 nitrogen and oxygen atoms in total. The van der Waals surface area contributed by atoms with E-state index in [1.54, 1.807) is 0 Å². The third-order valence-electron chi connectivity index (χ3n) is 5.78. The van der Waals surface area contributed by atoms with Gasteiger partial charge in [-0.3, -0.25) is 9.69 Å². The number of piperidine rings is 1. The molecule has 0 N–H and O–H groups in total. The number of nitrogens with zero attached hydrogens (tertiary/aromatic N) is 3. The maximum atomic E-state index is 13.4. The van der Waals surface area contributed by atoms with Crippen LogP contribution in [0.3, 0.4) is 0 Å². The van der Waals surface area contributed by atoms with E-state index < -0.39 is 5.82 Å². The number of benzene rings is 1. The van der Waals surface area contributed by atoms with Crippen molar-refractivity contribution in [3.05, 3.63) is 34.6 Å². The van der Waals surface area contributed by atoms with Crippen LogP contribution in [-0.4, -0.2) is 73.0 Å². The Bertz CT molecular complexity index is 611. The van der Waals surface area contributed by atoms with Crippen molar-refractivity contribution in [3.63, 3.8) is 0 Å². The summed E-state index contributed by atoms with van der Waals surface area (Å²) in [6.45, 7) is 8.24. The molecule has 1 aromatic rings. The lowest BCUT2D eigenvalue weighted by atomic mass is 9.88. The molecule has 138 valence electrons. The molecule has 0 aliphatic carbocycles. The molecule has 0 aromatic heterocycles. The molecule has 1 aromatic carbocycles. The van der Waals surface area contributed by atoms with Gasteiger partial charge in [0.1, 0.15) is 5.82 Å². The maximum Gasteiger partial charge on any atom is 0.255 e. The zero-order valence-corrected chi connectivity index (χ0v) is 15.8. The fourth-order valence-corrected chi connectivity index (χ4v) is 4.14. The predicted molar refractivity (Wildman–Crippen MR) is 98.6 cm³/mol. The normalized spacial score (nSPS) is 22.2. The van der Waals surface area contributed by atoms with Crippen LogP contribution in [0.2, 0.25) is 5.02 Å². The lowest BCUT2D eigenvalue weighted by molar-refractivity contribution is 0.0500. The van der Waals surface area contributed by atoms with E-state index in [2.05, 4.69) is 23.8 Å². The molecule has 0 spiro atoms. The summed E-state index contributed by atoms with van der Waals surface area (Å²) < 4.78 is 13.4. The number of carbonyl (C=O) groups is 1. The van der Waals surface area contributed by atoms with E-state index in [1.807, 2.05) is 4.90 Å². The van der Waals surface area contributed by atoms with Crippen LogP contribution in [0, 0.1) is 11.7 Å². The van der Waals surface area contributed by atoms with Gasteiger partial charge in [-0.2, -0.15) is 0 Å². The molecule has 3 rings (SSSR count). The van der Waals surface area contributed by atoms with Crippen LogP contribution in [0.15, 0.2) is 18.2 Å². The molecule has 2 aliphatic heterocycles. The van der Waals surface area contributed by atoms with Crippen LogP contribution in [0.25, 0.3) is 0 Å². The van der Waals surface area contributed by atoms with Gasteiger partial charge in [-0.05, 0) is 50.9 Å². The number of piperazine rings is 1. The summed E-state index contributed by atoms with van der Waals surface area (Å²) in [5.74, 6) is 0.0250. The summed E-state index contributed by atoms with van der Waals surface area (Å²) in [4.78, 5) is 19.4. The largest absolute Gasteiger partial charge is 0.339 e. The van der Waals surface area contributed by atoms with Crippen molar-refractivity contribution in [2.75, 3.05) is 46.3 Å². The molecule has 2 fully saturated rings. The highest BCUT2D eigenvalue weighted by atomic mass is 35.5. The average molecular weight is 368 g/mol. The molecular formula is C19H27ClFN3O. The Hall–Kier alpha value is -1.17. The Kier molecular flexibility index (Phi) is 5.97. The van der Waals surface area contributed by atoms with Gasteiger partial charge in [0, 0.05) is 45.3 Å². The SMILES string of the molecule is C[C@H](C1CCN(C(=O)c2cc(F)ccc2Cl)CC1)N1CCN(C)CC1. The second-order valence-electron chi connectivity index (χ2n) is 7.33. The smallest absolute Gasteiger partial charge is 0.255 e. The van der Waals surface area contributed by atoms with Crippen molar-refractivity contribution in [1.29, 1.82) is 0 Å². The van der Waals surface area contributed by atoms with E-state index in [-0.39, 0.29) is 11.5 Å². The van der Waals surface area contributed by atoms with Gasteiger partial charge in [-0.15, -0.1) is 0 Å². The van der Waals surface area contributed by atoms with Crippen LogP contribution in [-0.2, 0) is 0 Å². The Morgan fingerprint density at radius 3 is 2.44 bits per heavy atom. The quantitative estimate of drug-likeness (QED) is 0.821. The average Bonchev–Trinajstić information content (AvgIpc) is 2.63. The first-order chi connectivity index (χ1) is 12.0. The molecule has 0 unspecified atom stereocenters. The molecular weight excluding hydrogens is 341 g/mol. The van der Waals surface area contributed by atoms with Gasteiger partial charge in [-0.25, -0.2) is 4.39 Å². The fourth-order valence-electron chi connectivity index (χ4n) is 3.94. The van der Waals surface area contributed by atoms with Crippen molar-refractivity contribution in [3.8, 4) is 0 Å². The maximum absolute atomic E-state index is 13.4. The zero-order chi connectivity index (χ0) is 18.0. The van der Waals surface area contributed by atoms with Crippen molar-refractivity contribution in [2.45, 2.75) is 25.8 Å². The Morgan fingerprint density at radius 1 is 1.16 bits per heavy atom. The van der Waals surface area contributed by atoms with Gasteiger partial charge in [0.05, 0.1) is 10.6 Å². The Morgan fingerprint density at radius 2 is 1.80 bits per heavy atom. The van der Waals surface area contributed by atoms with Crippen LogP contribution in [0.4, 0.5) is 4.39 Å². The molecule has 6 heteroatoms. The number of amides is 1. The minimum atomic E-state index is -0.425. The van der Waals surface area contributed by atoms with E-state index in [1.165, 1.54) is 18.2 Å². The summed E-state index contributed by atoms with van der Waals surface area (Å²) in [5, 5.41) is 0.319. The van der Waals surface area contributed by atoms with Crippen molar-refractivity contribution in [1.82, 2.24) is 14.7 Å². The summed E-state index contributed by atoms with van der Waals surface area (Å²) >= 11 is 6.08. The van der Waals surface area contributed by atoms with Crippen LogP contribution in [0.1, 0.15) is 30.1 Å². The second-order valence-corrected chi connectivity index (χ2v) is 7.74. The second kappa shape index (κ2) is 8.02. The number of halogens is 2. The van der Waals surface area contributed by atoms with Gasteiger partial charge in [0.15, 0.2) is 0 Å². The van der Waals surface area contributed by atoms with E-state index in [0.717, 1.165) is 39.0 Å². The fraction of sp³-hybridized carbons (Fsp3) is 0.632. The standard InChI is InChI=1S/C19H27ClFN3O/c1-14(23-11-9-22(2)10-12-23)15-5-7-24(8-6-15)19(25)17-13-16(21)3-4-18(17)20/h3-4,13-15H,5-12H2,1-2H3/t14-/m1/s1. The summed E-state index contributed by atoms with van der Waals surface area (Å²) in [5.41, 5.74) is 0.271. The molecule has 1 atom stereocenters. The highest BCUT2D eigenvalue weighted by Gasteiger charge is 2.31. The zero-order valence-electron chi connectivity index (χ0n) is 15.0. The van der Waals surface area contributed by atoms with E-state index in [9.17, 15) is 9.18 Å². The molecule has 0 bridgehead atoms. The Labute approximate surface area is 154 Å². The molecule has 0 radical (unpaired) electrons. The van der Waals surface area contributed by atoms with Crippen molar-refractivity contribution < 1.29 is 9.18 Å². The summed E-state index contributed by atoms with van der Waals surface area (Å²) in [6, 6.07) is 4.52. The molecule has 2 heterocycles. The number of carbonyl (C=O) groups excluding carboxylic acids is 1. The van der Waals surface area contributed by atoms with Gasteiger partial charge in [0.25, 0.3) is 5.91 Å². The minimum Gasteiger partial charge on any atom is -0.339 e. The third-order valence-corrected chi connectivity index (χ3v) is 6.11. The summed E-state index contributed by atoms with van der Waals surface area (Å²) in [6.07, 6.45) is 1.98. The molecule has 2 aliphatic rings. The number of hydrogen-bond donors (Lipinski definition) is 0. The van der Waals surface area contributed by atoms with Crippen LogP contribution < -0.4 is 0 Å². The Balaban J connectivity index is 1.56. The topological polar surface area (TPSA) is 26.8 Å². The molecule has 0 saturated carbocycles. The van der Waals surface area contributed by atoms with E-state index >= 15 is 0 Å². The first-order valence-electron chi connectivity index (χ1n) is 9.12. The predicted octanol–water partition coefficient (Wildman–Crippen LogP) is 2.97. The monoisotopic (exact) mass is 367 g/mol. The van der Waals surface area contributed by atoms with Crippen LogP contribution in [0.5, 0.6) is 0 Å². The number of likely N-dealkylation sites (N-methyl/N-ethyl adjacent to an activating group) is 1. The highest BCUT2D eigenvalue weighted by Crippen LogP contribution is 2.27. The van der Waals surface area contributed by atoms with Gasteiger partial charge < -0.3 is 9.80 Å². The van der Waals surface area contributed by atoms with Crippen LogP contribution >= 0.6 is 11.6 Å². The van der Waals surface area contributed by atoms with Gasteiger partial charge >= 0.3 is 0 Å². The molecule has 25 heavy (non-hydrogen) atoms. The first kappa shape index (κ1) is 18.6. The van der Waals surface area contributed by atoms with Crippen molar-refractivity contribution in [2.24, 2.45) is 5.92 Å². The van der Waals surface area contributed by atoms with E-state index in [4.69, 9.17) is 11.6 Å². The molecule has 2 saturated heterocycles. The van der Waals surface area contributed by atoms with Gasteiger partial charge in [-0.1, -0.05) is 11.6 Å². The molecule has 1 amide bonds. The summed E-state index contributed by atoms with van der Waals surface area (Å²) in [7, 11) is 2.17.